The van der Waals surface area contributed by atoms with Crippen molar-refractivity contribution in [2.45, 2.75) is 39.5 Å². The lowest BCUT2D eigenvalue weighted by molar-refractivity contribution is -0.119. The van der Waals surface area contributed by atoms with E-state index in [4.69, 9.17) is 4.99 Å². The number of carbonyl (C=O) groups is 2. The normalized spacial score (nSPS) is 21.9. The van der Waals surface area contributed by atoms with Gasteiger partial charge in [0.25, 0.3) is 0 Å². The number of ketones is 1. The van der Waals surface area contributed by atoms with E-state index in [0.717, 1.165) is 25.9 Å². The molecule has 174 valence electrons. The predicted octanol–water partition coefficient (Wildman–Crippen LogP) is 6.65. The number of anilines is 1. The Hall–Kier alpha value is -2.71. The Morgan fingerprint density at radius 3 is 2.65 bits per heavy atom. The molecular formula is C26H23BrFN3O2S. The molecule has 2 heterocycles. The van der Waals surface area contributed by atoms with E-state index in [2.05, 4.69) is 40.1 Å². The van der Waals surface area contributed by atoms with Crippen LogP contribution in [0.2, 0.25) is 0 Å². The number of carbonyl (C=O) groups excluding carboxylic acids is 2. The van der Waals surface area contributed by atoms with Gasteiger partial charge in [0, 0.05) is 33.8 Å². The summed E-state index contributed by atoms with van der Waals surface area (Å²) in [6.07, 6.45) is 1.05. The van der Waals surface area contributed by atoms with Crippen LogP contribution in [0.4, 0.5) is 9.52 Å². The van der Waals surface area contributed by atoms with Gasteiger partial charge in [-0.15, -0.1) is 0 Å². The van der Waals surface area contributed by atoms with Crippen LogP contribution in [-0.4, -0.2) is 22.4 Å². The average Bonchev–Trinajstić information content (AvgIpc) is 3.13. The van der Waals surface area contributed by atoms with Crippen LogP contribution in [0, 0.1) is 17.2 Å². The van der Waals surface area contributed by atoms with Gasteiger partial charge in [-0.1, -0.05) is 53.2 Å². The molecule has 2 aliphatic rings. The van der Waals surface area contributed by atoms with Gasteiger partial charge in [-0.05, 0) is 54.7 Å². The number of aliphatic imine (C=N–C) groups is 1. The van der Waals surface area contributed by atoms with Crippen molar-refractivity contribution in [2.75, 3.05) is 5.32 Å². The molecule has 0 radical (unpaired) electrons. The Morgan fingerprint density at radius 1 is 1.18 bits per heavy atom. The number of hydrogen-bond acceptors (Lipinski definition) is 5. The zero-order chi connectivity index (χ0) is 24.2. The summed E-state index contributed by atoms with van der Waals surface area (Å²) < 4.78 is 15.6. The molecule has 3 aromatic rings. The molecule has 8 heteroatoms. The van der Waals surface area contributed by atoms with Gasteiger partial charge in [0.05, 0.1) is 16.1 Å². The molecule has 1 amide bonds. The number of allylic oxidation sites excluding steroid dienone is 2. The van der Waals surface area contributed by atoms with Gasteiger partial charge in [0.1, 0.15) is 5.82 Å². The molecule has 0 bridgehead atoms. The monoisotopic (exact) mass is 539 g/mol. The first-order valence-corrected chi connectivity index (χ1v) is 12.7. The van der Waals surface area contributed by atoms with Crippen molar-refractivity contribution >= 4 is 60.0 Å². The van der Waals surface area contributed by atoms with E-state index in [0.29, 0.717) is 29.3 Å². The van der Waals surface area contributed by atoms with Crippen molar-refractivity contribution in [3.63, 3.8) is 0 Å². The fourth-order valence-electron chi connectivity index (χ4n) is 4.95. The summed E-state index contributed by atoms with van der Waals surface area (Å²) in [7, 11) is 0. The van der Waals surface area contributed by atoms with Crippen LogP contribution in [0.5, 0.6) is 0 Å². The van der Waals surface area contributed by atoms with Crippen molar-refractivity contribution in [1.82, 2.24) is 4.98 Å². The fraction of sp³-hybridized carbons (Fsp3) is 0.308. The minimum Gasteiger partial charge on any atom is -0.301 e. The molecule has 1 N–H and O–H groups in total. The molecule has 34 heavy (non-hydrogen) atoms. The second kappa shape index (κ2) is 8.50. The summed E-state index contributed by atoms with van der Waals surface area (Å²) in [4.78, 5) is 36.3. The number of thiazole rings is 1. The zero-order valence-corrected chi connectivity index (χ0v) is 21.4. The molecule has 1 aliphatic carbocycles. The molecule has 0 saturated heterocycles. The minimum atomic E-state index is -0.701. The Labute approximate surface area is 209 Å². The van der Waals surface area contributed by atoms with E-state index in [-0.39, 0.29) is 22.9 Å². The third-order valence-electron chi connectivity index (χ3n) is 6.39. The zero-order valence-electron chi connectivity index (χ0n) is 19.0. The van der Waals surface area contributed by atoms with E-state index in [1.54, 1.807) is 12.1 Å². The number of hydrogen-bond donors (Lipinski definition) is 1. The lowest BCUT2D eigenvalue weighted by atomic mass is 9.66. The molecule has 2 atom stereocenters. The highest BCUT2D eigenvalue weighted by atomic mass is 79.9. The maximum absolute atomic E-state index is 13.7. The number of amides is 1. The van der Waals surface area contributed by atoms with Gasteiger partial charge in [-0.3, -0.25) is 14.6 Å². The lowest BCUT2D eigenvalue weighted by Gasteiger charge is -2.39. The number of aromatic nitrogens is 1. The number of nitrogens with one attached hydrogen (secondary N) is 1. The van der Waals surface area contributed by atoms with Crippen LogP contribution in [0.3, 0.4) is 0 Å². The molecule has 5 rings (SSSR count). The second-order valence-corrected chi connectivity index (χ2v) is 11.6. The maximum atomic E-state index is 13.7. The smallest absolute Gasteiger partial charge is 0.235 e. The summed E-state index contributed by atoms with van der Waals surface area (Å²) in [6, 6.07) is 11.8. The Balaban J connectivity index is 1.56. The topological polar surface area (TPSA) is 71.4 Å². The van der Waals surface area contributed by atoms with Crippen LogP contribution in [0.25, 0.3) is 10.2 Å². The minimum absolute atomic E-state index is 0.000498. The Morgan fingerprint density at radius 2 is 1.91 bits per heavy atom. The second-order valence-electron chi connectivity index (χ2n) is 9.68. The quantitative estimate of drug-likeness (QED) is 0.404. The molecule has 1 unspecified atom stereocenters. The van der Waals surface area contributed by atoms with Crippen molar-refractivity contribution in [3.8, 4) is 0 Å². The maximum Gasteiger partial charge on any atom is 0.235 e. The fourth-order valence-corrected chi connectivity index (χ4v) is 6.37. The molecule has 0 spiro atoms. The third kappa shape index (κ3) is 4.25. The average molecular weight is 540 g/mol. The molecule has 0 saturated carbocycles. The standard InChI is InChI=1S/C26H23BrFN3O2S/c1-13-21(24(33)31-25-30-17-9-6-15(27)10-20(17)34-25)22(14-4-7-16(28)8-5-14)23-18(29-13)11-26(2,3)12-19(23)32/h4-10,21-22H,11-12H2,1-3H3,(H,30,31,33)/t21?,22-/m0/s1. The number of nitrogens with zero attached hydrogens (tertiary/aromatic N) is 2. The summed E-state index contributed by atoms with van der Waals surface area (Å²) in [5.41, 5.74) is 3.27. The predicted molar refractivity (Wildman–Crippen MR) is 137 cm³/mol. The summed E-state index contributed by atoms with van der Waals surface area (Å²) in [5, 5.41) is 3.44. The van der Waals surface area contributed by atoms with Crippen molar-refractivity contribution in [3.05, 3.63) is 69.6 Å². The number of rotatable bonds is 3. The van der Waals surface area contributed by atoms with Crippen LogP contribution in [0.15, 0.2) is 63.2 Å². The first-order chi connectivity index (χ1) is 16.1. The summed E-state index contributed by atoms with van der Waals surface area (Å²) in [6.45, 7) is 5.93. The van der Waals surface area contributed by atoms with Gasteiger partial charge in [0.15, 0.2) is 10.9 Å². The first kappa shape index (κ1) is 23.1. The van der Waals surface area contributed by atoms with Crippen LogP contribution >= 0.6 is 27.3 Å². The van der Waals surface area contributed by atoms with Gasteiger partial charge in [0.2, 0.25) is 5.91 Å². The summed E-state index contributed by atoms with van der Waals surface area (Å²) >= 11 is 4.85. The van der Waals surface area contributed by atoms with E-state index in [1.165, 1.54) is 23.5 Å². The van der Waals surface area contributed by atoms with E-state index in [1.807, 2.05) is 25.1 Å². The highest BCUT2D eigenvalue weighted by Crippen LogP contribution is 2.48. The van der Waals surface area contributed by atoms with Crippen molar-refractivity contribution < 1.29 is 14.0 Å². The summed E-state index contributed by atoms with van der Waals surface area (Å²) in [5.74, 6) is -1.87. The van der Waals surface area contributed by atoms with Crippen LogP contribution < -0.4 is 5.32 Å². The lowest BCUT2D eigenvalue weighted by Crippen LogP contribution is -2.41. The van der Waals surface area contributed by atoms with E-state index in [9.17, 15) is 14.0 Å². The Kier molecular flexibility index (Phi) is 5.76. The van der Waals surface area contributed by atoms with E-state index < -0.39 is 11.8 Å². The molecule has 1 aromatic heterocycles. The first-order valence-electron chi connectivity index (χ1n) is 11.1. The highest BCUT2D eigenvalue weighted by Gasteiger charge is 2.45. The van der Waals surface area contributed by atoms with Gasteiger partial charge >= 0.3 is 0 Å². The molecule has 5 nitrogen and oxygen atoms in total. The van der Waals surface area contributed by atoms with Gasteiger partial charge < -0.3 is 5.32 Å². The molecule has 2 aromatic carbocycles. The van der Waals surface area contributed by atoms with Crippen LogP contribution in [-0.2, 0) is 9.59 Å². The number of halogens is 2. The number of Topliss-reactive ketones (excluding diaryl/α,β-unsaturated/α-hetero) is 1. The van der Waals surface area contributed by atoms with Crippen molar-refractivity contribution in [2.24, 2.45) is 16.3 Å². The third-order valence-corrected chi connectivity index (χ3v) is 7.82. The van der Waals surface area contributed by atoms with Crippen LogP contribution in [0.1, 0.15) is 45.1 Å². The largest absolute Gasteiger partial charge is 0.301 e. The molecule has 1 aliphatic heterocycles. The van der Waals surface area contributed by atoms with E-state index >= 15 is 0 Å². The highest BCUT2D eigenvalue weighted by molar-refractivity contribution is 9.10. The number of fused-ring (bicyclic) bond motifs is 1. The van der Waals surface area contributed by atoms with Gasteiger partial charge in [-0.2, -0.15) is 0 Å². The molecular weight excluding hydrogens is 517 g/mol. The molecule has 0 fully saturated rings. The number of benzene rings is 2. The SMILES string of the molecule is CC1=NC2=C(C(=O)CC(C)(C)C2)[C@@H](c2ccc(F)cc2)C1C(=O)Nc1nc2ccc(Br)cc2s1. The van der Waals surface area contributed by atoms with Gasteiger partial charge in [-0.25, -0.2) is 9.37 Å². The Bertz CT molecular complexity index is 1390. The van der Waals surface area contributed by atoms with Crippen molar-refractivity contribution in [1.29, 1.82) is 0 Å².